The van der Waals surface area contributed by atoms with Gasteiger partial charge in [-0.25, -0.2) is 0 Å². The second-order valence-electron chi connectivity index (χ2n) is 4.05. The van der Waals surface area contributed by atoms with Crippen molar-refractivity contribution < 1.29 is 4.74 Å². The molecule has 1 rings (SSSR count). The van der Waals surface area contributed by atoms with Crippen LogP contribution in [0, 0.1) is 0 Å². The summed E-state index contributed by atoms with van der Waals surface area (Å²) in [6.45, 7) is 4.23. The number of hydrogen-bond acceptors (Lipinski definition) is 2. The molecule has 0 saturated carbocycles. The molecule has 1 heterocycles. The molecule has 0 amide bonds. The van der Waals surface area contributed by atoms with Crippen molar-refractivity contribution in [2.24, 2.45) is 5.73 Å². The molecule has 1 saturated heterocycles. The highest BCUT2D eigenvalue weighted by molar-refractivity contribution is 4.70. The largest absolute Gasteiger partial charge is 0.375 e. The molecule has 0 aliphatic carbocycles. The van der Waals surface area contributed by atoms with Crippen LogP contribution in [-0.4, -0.2) is 18.2 Å². The predicted molar refractivity (Wildman–Crippen MR) is 51.1 cm³/mol. The quantitative estimate of drug-likeness (QED) is 0.702. The molecule has 2 nitrogen and oxygen atoms in total. The molecule has 1 aliphatic heterocycles. The Morgan fingerprint density at radius 2 is 2.25 bits per heavy atom. The smallest absolute Gasteiger partial charge is 0.0579 e. The third-order valence-electron chi connectivity index (χ3n) is 2.51. The van der Waals surface area contributed by atoms with Crippen LogP contribution >= 0.6 is 0 Å². The summed E-state index contributed by atoms with van der Waals surface area (Å²) in [4.78, 5) is 0. The summed E-state index contributed by atoms with van der Waals surface area (Å²) in [6, 6.07) is 0.351. The number of ether oxygens (including phenoxy) is 1. The van der Waals surface area contributed by atoms with Crippen LogP contribution in [0.3, 0.4) is 0 Å². The van der Waals surface area contributed by atoms with E-state index in [0.717, 1.165) is 6.42 Å². The van der Waals surface area contributed by atoms with Crippen LogP contribution in [0.5, 0.6) is 0 Å². The first-order valence-corrected chi connectivity index (χ1v) is 5.09. The normalized spacial score (nSPS) is 32.2. The Kier molecular flexibility index (Phi) is 4.02. The van der Waals surface area contributed by atoms with E-state index in [1.54, 1.807) is 0 Å². The van der Waals surface area contributed by atoms with E-state index in [-0.39, 0.29) is 0 Å². The molecule has 2 heteroatoms. The first-order valence-electron chi connectivity index (χ1n) is 5.09. The lowest BCUT2D eigenvalue weighted by atomic mass is 10.1. The Labute approximate surface area is 75.5 Å². The summed E-state index contributed by atoms with van der Waals surface area (Å²) >= 11 is 0. The molecule has 12 heavy (non-hydrogen) atoms. The minimum absolute atomic E-state index is 0.351. The highest BCUT2D eigenvalue weighted by Crippen LogP contribution is 2.23. The second kappa shape index (κ2) is 4.83. The van der Waals surface area contributed by atoms with Gasteiger partial charge in [-0.15, -0.1) is 0 Å². The maximum absolute atomic E-state index is 5.70. The lowest BCUT2D eigenvalue weighted by molar-refractivity contribution is 0.0493. The summed E-state index contributed by atoms with van der Waals surface area (Å²) in [5.74, 6) is 0. The van der Waals surface area contributed by atoms with Crippen molar-refractivity contribution >= 4 is 0 Å². The van der Waals surface area contributed by atoms with Crippen LogP contribution in [0.4, 0.5) is 0 Å². The molecule has 0 aromatic heterocycles. The van der Waals surface area contributed by atoms with Crippen molar-refractivity contribution in [1.29, 1.82) is 0 Å². The molecule has 0 spiro atoms. The SMILES string of the molecule is CC(N)CCCC1CCC(C)O1. The predicted octanol–water partition coefficient (Wildman–Crippen LogP) is 2.07. The summed E-state index contributed by atoms with van der Waals surface area (Å²) in [5, 5.41) is 0. The molecule has 3 atom stereocenters. The zero-order chi connectivity index (χ0) is 8.97. The zero-order valence-corrected chi connectivity index (χ0v) is 8.25. The fraction of sp³-hybridized carbons (Fsp3) is 1.00. The van der Waals surface area contributed by atoms with Crippen molar-refractivity contribution in [3.8, 4) is 0 Å². The summed E-state index contributed by atoms with van der Waals surface area (Å²) in [7, 11) is 0. The van der Waals surface area contributed by atoms with Gasteiger partial charge in [0.1, 0.15) is 0 Å². The third-order valence-corrected chi connectivity index (χ3v) is 2.51. The fourth-order valence-corrected chi connectivity index (χ4v) is 1.77. The van der Waals surface area contributed by atoms with Crippen molar-refractivity contribution in [3.05, 3.63) is 0 Å². The van der Waals surface area contributed by atoms with Crippen LogP contribution in [0.15, 0.2) is 0 Å². The Morgan fingerprint density at radius 1 is 1.50 bits per heavy atom. The Hall–Kier alpha value is -0.0800. The molecule has 1 fully saturated rings. The van der Waals surface area contributed by atoms with E-state index in [1.165, 1.54) is 25.7 Å². The van der Waals surface area contributed by atoms with Crippen LogP contribution in [0.2, 0.25) is 0 Å². The topological polar surface area (TPSA) is 35.2 Å². The lowest BCUT2D eigenvalue weighted by Crippen LogP contribution is -2.16. The van der Waals surface area contributed by atoms with Gasteiger partial charge in [-0.2, -0.15) is 0 Å². The maximum Gasteiger partial charge on any atom is 0.0579 e. The standard InChI is InChI=1S/C10H21NO/c1-8(11)4-3-5-10-7-6-9(2)12-10/h8-10H,3-7,11H2,1-2H3. The van der Waals surface area contributed by atoms with E-state index in [9.17, 15) is 0 Å². The van der Waals surface area contributed by atoms with E-state index in [0.29, 0.717) is 18.2 Å². The molecule has 72 valence electrons. The van der Waals surface area contributed by atoms with Gasteiger partial charge in [0.2, 0.25) is 0 Å². The Balaban J connectivity index is 2.00. The van der Waals surface area contributed by atoms with Gasteiger partial charge in [0.15, 0.2) is 0 Å². The van der Waals surface area contributed by atoms with Crippen LogP contribution in [0.1, 0.15) is 46.0 Å². The average molecular weight is 171 g/mol. The van der Waals surface area contributed by atoms with Crippen LogP contribution in [-0.2, 0) is 4.74 Å². The molecule has 0 radical (unpaired) electrons. The summed E-state index contributed by atoms with van der Waals surface area (Å²) in [6.07, 6.45) is 7.06. The van der Waals surface area contributed by atoms with E-state index in [1.807, 2.05) is 0 Å². The molecule has 3 unspecified atom stereocenters. The highest BCUT2D eigenvalue weighted by atomic mass is 16.5. The van der Waals surface area contributed by atoms with E-state index in [4.69, 9.17) is 10.5 Å². The van der Waals surface area contributed by atoms with Crippen molar-refractivity contribution in [2.75, 3.05) is 0 Å². The van der Waals surface area contributed by atoms with Gasteiger partial charge in [-0.3, -0.25) is 0 Å². The molecular formula is C10H21NO. The molecule has 1 aliphatic rings. The Morgan fingerprint density at radius 3 is 2.75 bits per heavy atom. The fourth-order valence-electron chi connectivity index (χ4n) is 1.77. The van der Waals surface area contributed by atoms with Gasteiger partial charge in [0, 0.05) is 6.04 Å². The molecule has 0 bridgehead atoms. The highest BCUT2D eigenvalue weighted by Gasteiger charge is 2.20. The molecule has 0 aromatic rings. The van der Waals surface area contributed by atoms with Gasteiger partial charge < -0.3 is 10.5 Å². The summed E-state index contributed by atoms with van der Waals surface area (Å²) in [5.41, 5.74) is 5.66. The number of rotatable bonds is 4. The molecular weight excluding hydrogens is 150 g/mol. The third kappa shape index (κ3) is 3.55. The average Bonchev–Trinajstić information content (AvgIpc) is 2.35. The van der Waals surface area contributed by atoms with Gasteiger partial charge in [-0.05, 0) is 46.0 Å². The lowest BCUT2D eigenvalue weighted by Gasteiger charge is -2.11. The minimum Gasteiger partial charge on any atom is -0.375 e. The molecule has 0 aromatic carbocycles. The van der Waals surface area contributed by atoms with Gasteiger partial charge in [0.25, 0.3) is 0 Å². The number of nitrogens with two attached hydrogens (primary N) is 1. The van der Waals surface area contributed by atoms with E-state index >= 15 is 0 Å². The van der Waals surface area contributed by atoms with E-state index < -0.39 is 0 Å². The minimum atomic E-state index is 0.351. The first kappa shape index (κ1) is 10.0. The first-order chi connectivity index (χ1) is 5.68. The monoisotopic (exact) mass is 171 g/mol. The number of hydrogen-bond donors (Lipinski definition) is 1. The summed E-state index contributed by atoms with van der Waals surface area (Å²) < 4.78 is 5.70. The van der Waals surface area contributed by atoms with Crippen LogP contribution < -0.4 is 5.73 Å². The van der Waals surface area contributed by atoms with Crippen LogP contribution in [0.25, 0.3) is 0 Å². The second-order valence-corrected chi connectivity index (χ2v) is 4.05. The van der Waals surface area contributed by atoms with Crippen molar-refractivity contribution in [1.82, 2.24) is 0 Å². The Bertz CT molecular complexity index is 125. The van der Waals surface area contributed by atoms with Gasteiger partial charge in [0.05, 0.1) is 12.2 Å². The van der Waals surface area contributed by atoms with Gasteiger partial charge >= 0.3 is 0 Å². The maximum atomic E-state index is 5.70. The van der Waals surface area contributed by atoms with Gasteiger partial charge in [-0.1, -0.05) is 0 Å². The van der Waals surface area contributed by atoms with E-state index in [2.05, 4.69) is 13.8 Å². The zero-order valence-electron chi connectivity index (χ0n) is 8.25. The van der Waals surface area contributed by atoms with Crippen molar-refractivity contribution in [2.45, 2.75) is 64.2 Å². The molecule has 2 N–H and O–H groups in total. The van der Waals surface area contributed by atoms with Crippen molar-refractivity contribution in [3.63, 3.8) is 0 Å².